The van der Waals surface area contributed by atoms with Crippen LogP contribution in [0.5, 0.6) is 0 Å². The van der Waals surface area contributed by atoms with E-state index in [1.807, 2.05) is 6.08 Å². The predicted molar refractivity (Wildman–Crippen MR) is 51.7 cm³/mol. The molecule has 0 saturated heterocycles. The number of carbonyl (C=O) groups is 1. The molecule has 0 spiro atoms. The SMILES string of the molecule is C=CCCCNC1(C(=O)O)CCC1. The first-order valence-corrected chi connectivity index (χ1v) is 4.80. The van der Waals surface area contributed by atoms with E-state index in [1.165, 1.54) is 0 Å². The van der Waals surface area contributed by atoms with Gasteiger partial charge in [0, 0.05) is 0 Å². The van der Waals surface area contributed by atoms with Crippen LogP contribution in [0.2, 0.25) is 0 Å². The summed E-state index contributed by atoms with van der Waals surface area (Å²) < 4.78 is 0. The van der Waals surface area contributed by atoms with Crippen molar-refractivity contribution in [3.63, 3.8) is 0 Å². The number of carboxylic acid groups (broad SMARTS) is 1. The van der Waals surface area contributed by atoms with Gasteiger partial charge < -0.3 is 10.4 Å². The molecule has 13 heavy (non-hydrogen) atoms. The molecule has 1 aliphatic rings. The highest BCUT2D eigenvalue weighted by atomic mass is 16.4. The summed E-state index contributed by atoms with van der Waals surface area (Å²) in [5.41, 5.74) is -0.596. The maximum atomic E-state index is 10.9. The van der Waals surface area contributed by atoms with E-state index < -0.39 is 11.5 Å². The summed E-state index contributed by atoms with van der Waals surface area (Å²) in [5.74, 6) is -0.697. The lowest BCUT2D eigenvalue weighted by molar-refractivity contribution is -0.148. The lowest BCUT2D eigenvalue weighted by atomic mass is 9.77. The van der Waals surface area contributed by atoms with Gasteiger partial charge in [0.2, 0.25) is 0 Å². The van der Waals surface area contributed by atoms with E-state index in [0.29, 0.717) is 0 Å². The number of hydrogen-bond acceptors (Lipinski definition) is 2. The first-order chi connectivity index (χ1) is 6.21. The van der Waals surface area contributed by atoms with Crippen molar-refractivity contribution >= 4 is 5.97 Å². The standard InChI is InChI=1S/C10H17NO2/c1-2-3-4-8-11-10(9(12)13)6-5-7-10/h2,11H,1,3-8H2,(H,12,13). The molecule has 1 fully saturated rings. The number of aliphatic carboxylic acids is 1. The van der Waals surface area contributed by atoms with Gasteiger partial charge in [-0.3, -0.25) is 4.79 Å². The minimum Gasteiger partial charge on any atom is -0.480 e. The lowest BCUT2D eigenvalue weighted by Crippen LogP contribution is -2.57. The molecule has 0 bridgehead atoms. The van der Waals surface area contributed by atoms with Crippen molar-refractivity contribution in [2.24, 2.45) is 0 Å². The van der Waals surface area contributed by atoms with E-state index in [-0.39, 0.29) is 0 Å². The number of rotatable bonds is 6. The van der Waals surface area contributed by atoms with E-state index in [4.69, 9.17) is 5.11 Å². The highest BCUT2D eigenvalue weighted by Crippen LogP contribution is 2.31. The van der Waals surface area contributed by atoms with Crippen LogP contribution in [0.1, 0.15) is 32.1 Å². The molecule has 0 aliphatic heterocycles. The van der Waals surface area contributed by atoms with Gasteiger partial charge in [0.1, 0.15) is 5.54 Å². The molecule has 1 aliphatic carbocycles. The fourth-order valence-corrected chi connectivity index (χ4v) is 1.57. The molecule has 0 unspecified atom stereocenters. The number of unbranched alkanes of at least 4 members (excludes halogenated alkanes) is 1. The summed E-state index contributed by atoms with van der Waals surface area (Å²) in [6.45, 7) is 4.40. The van der Waals surface area contributed by atoms with E-state index in [9.17, 15) is 4.79 Å². The van der Waals surface area contributed by atoms with E-state index in [0.717, 1.165) is 38.6 Å². The molecule has 0 heterocycles. The summed E-state index contributed by atoms with van der Waals surface area (Å²) in [5, 5.41) is 12.1. The van der Waals surface area contributed by atoms with Gasteiger partial charge in [0.15, 0.2) is 0 Å². The van der Waals surface area contributed by atoms with Gasteiger partial charge in [-0.15, -0.1) is 6.58 Å². The second-order valence-electron chi connectivity index (χ2n) is 3.60. The molecule has 74 valence electrons. The predicted octanol–water partition coefficient (Wildman–Crippen LogP) is 1.55. The molecule has 0 aromatic rings. The van der Waals surface area contributed by atoms with Crippen molar-refractivity contribution in [3.05, 3.63) is 12.7 Å². The molecule has 0 aromatic carbocycles. The Morgan fingerprint density at radius 2 is 2.31 bits per heavy atom. The zero-order chi connectivity index (χ0) is 9.73. The van der Waals surface area contributed by atoms with Crippen LogP contribution >= 0.6 is 0 Å². The van der Waals surface area contributed by atoms with Crippen LogP contribution in [0.3, 0.4) is 0 Å². The Labute approximate surface area is 78.8 Å². The third-order valence-electron chi connectivity index (χ3n) is 2.66. The van der Waals surface area contributed by atoms with Gasteiger partial charge in [-0.2, -0.15) is 0 Å². The van der Waals surface area contributed by atoms with E-state index in [2.05, 4.69) is 11.9 Å². The topological polar surface area (TPSA) is 49.3 Å². The molecule has 0 amide bonds. The van der Waals surface area contributed by atoms with Gasteiger partial charge in [0.05, 0.1) is 0 Å². The normalized spacial score (nSPS) is 19.1. The highest BCUT2D eigenvalue weighted by Gasteiger charge is 2.43. The van der Waals surface area contributed by atoms with Crippen LogP contribution in [0.4, 0.5) is 0 Å². The molecule has 0 aromatic heterocycles. The number of carboxylic acids is 1. The minimum absolute atomic E-state index is 0.596. The van der Waals surface area contributed by atoms with Crippen LogP contribution in [-0.2, 0) is 4.79 Å². The van der Waals surface area contributed by atoms with Crippen molar-refractivity contribution in [1.82, 2.24) is 5.32 Å². The summed E-state index contributed by atoms with van der Waals surface area (Å²) in [4.78, 5) is 10.9. The van der Waals surface area contributed by atoms with Gasteiger partial charge in [0.25, 0.3) is 0 Å². The number of nitrogens with one attached hydrogen (secondary N) is 1. The fraction of sp³-hybridized carbons (Fsp3) is 0.700. The Kier molecular flexibility index (Phi) is 3.48. The Bertz CT molecular complexity index is 197. The second-order valence-corrected chi connectivity index (χ2v) is 3.60. The lowest BCUT2D eigenvalue weighted by Gasteiger charge is -2.38. The minimum atomic E-state index is -0.697. The van der Waals surface area contributed by atoms with Gasteiger partial charge in [-0.1, -0.05) is 6.08 Å². The summed E-state index contributed by atoms with van der Waals surface area (Å²) in [6.07, 6.45) is 6.35. The molecular weight excluding hydrogens is 166 g/mol. The van der Waals surface area contributed by atoms with Gasteiger partial charge in [-0.05, 0) is 38.6 Å². The average Bonchev–Trinajstić information content (AvgIpc) is 2.01. The van der Waals surface area contributed by atoms with Crippen LogP contribution in [0.25, 0.3) is 0 Å². The molecular formula is C10H17NO2. The van der Waals surface area contributed by atoms with Crippen LogP contribution in [0.15, 0.2) is 12.7 Å². The quantitative estimate of drug-likeness (QED) is 0.485. The zero-order valence-corrected chi connectivity index (χ0v) is 7.88. The van der Waals surface area contributed by atoms with Crippen LogP contribution < -0.4 is 5.32 Å². The van der Waals surface area contributed by atoms with E-state index >= 15 is 0 Å². The maximum absolute atomic E-state index is 10.9. The summed E-state index contributed by atoms with van der Waals surface area (Å²) in [7, 11) is 0. The second kappa shape index (κ2) is 4.42. The molecule has 0 radical (unpaired) electrons. The number of hydrogen-bond donors (Lipinski definition) is 2. The first-order valence-electron chi connectivity index (χ1n) is 4.80. The van der Waals surface area contributed by atoms with Crippen molar-refractivity contribution in [2.75, 3.05) is 6.54 Å². The first kappa shape index (κ1) is 10.3. The Morgan fingerprint density at radius 3 is 2.69 bits per heavy atom. The molecule has 3 nitrogen and oxygen atoms in total. The largest absolute Gasteiger partial charge is 0.480 e. The third kappa shape index (κ3) is 2.31. The van der Waals surface area contributed by atoms with Crippen molar-refractivity contribution in [1.29, 1.82) is 0 Å². The smallest absolute Gasteiger partial charge is 0.323 e. The molecule has 1 saturated carbocycles. The number of allylic oxidation sites excluding steroid dienone is 1. The van der Waals surface area contributed by atoms with Crippen molar-refractivity contribution in [3.8, 4) is 0 Å². The Hall–Kier alpha value is -0.830. The van der Waals surface area contributed by atoms with E-state index in [1.54, 1.807) is 0 Å². The molecule has 3 heteroatoms. The fourth-order valence-electron chi connectivity index (χ4n) is 1.57. The van der Waals surface area contributed by atoms with Crippen molar-refractivity contribution in [2.45, 2.75) is 37.6 Å². The van der Waals surface area contributed by atoms with Crippen molar-refractivity contribution < 1.29 is 9.90 Å². The molecule has 2 N–H and O–H groups in total. The molecule has 0 atom stereocenters. The summed E-state index contributed by atoms with van der Waals surface area (Å²) in [6, 6.07) is 0. The average molecular weight is 183 g/mol. The Balaban J connectivity index is 2.24. The summed E-state index contributed by atoms with van der Waals surface area (Å²) >= 11 is 0. The highest BCUT2D eigenvalue weighted by molar-refractivity contribution is 5.79. The Morgan fingerprint density at radius 1 is 1.62 bits per heavy atom. The van der Waals surface area contributed by atoms with Gasteiger partial charge in [-0.25, -0.2) is 0 Å². The monoisotopic (exact) mass is 183 g/mol. The third-order valence-corrected chi connectivity index (χ3v) is 2.66. The van der Waals surface area contributed by atoms with Crippen LogP contribution in [-0.4, -0.2) is 23.2 Å². The maximum Gasteiger partial charge on any atom is 0.323 e. The van der Waals surface area contributed by atoms with Gasteiger partial charge >= 0.3 is 5.97 Å². The van der Waals surface area contributed by atoms with Crippen LogP contribution in [0, 0.1) is 0 Å². The zero-order valence-electron chi connectivity index (χ0n) is 7.88. The molecule has 1 rings (SSSR count).